The lowest BCUT2D eigenvalue weighted by Crippen LogP contribution is -2.13. The largest absolute Gasteiger partial charge is 0.481 e. The van der Waals surface area contributed by atoms with Crippen molar-refractivity contribution in [1.29, 1.82) is 0 Å². The van der Waals surface area contributed by atoms with E-state index < -0.39 is 11.9 Å². The van der Waals surface area contributed by atoms with Crippen LogP contribution >= 0.6 is 34.7 Å². The number of benzene rings is 1. The predicted octanol–water partition coefficient (Wildman–Crippen LogP) is 4.76. The lowest BCUT2D eigenvalue weighted by molar-refractivity contribution is 0.210. The maximum Gasteiger partial charge on any atom is 0.258 e. The number of aromatic nitrogens is 5. The van der Waals surface area contributed by atoms with Gasteiger partial charge in [-0.05, 0) is 25.1 Å². The highest BCUT2D eigenvalue weighted by molar-refractivity contribution is 7.98. The van der Waals surface area contributed by atoms with Crippen molar-refractivity contribution < 1.29 is 9.13 Å². The Morgan fingerprint density at radius 3 is 3.00 bits per heavy atom. The molecule has 0 bridgehead atoms. The molecule has 160 valence electrons. The Morgan fingerprint density at radius 1 is 1.39 bits per heavy atom. The van der Waals surface area contributed by atoms with Gasteiger partial charge in [-0.15, -0.1) is 28.1 Å². The molecule has 0 aliphatic rings. The van der Waals surface area contributed by atoms with Crippen LogP contribution in [0.3, 0.4) is 0 Å². The van der Waals surface area contributed by atoms with Gasteiger partial charge in [0, 0.05) is 29.9 Å². The van der Waals surface area contributed by atoms with Crippen molar-refractivity contribution in [2.75, 3.05) is 0 Å². The fourth-order valence-electron chi connectivity index (χ4n) is 2.92. The predicted molar refractivity (Wildman–Crippen MR) is 120 cm³/mol. The number of halogens is 2. The molecule has 0 saturated carbocycles. The number of thiazole rings is 1. The maximum atomic E-state index is 13.3. The average molecular weight is 478 g/mol. The number of hydrogen-bond acceptors (Lipinski definition) is 7. The molecule has 0 spiro atoms. The summed E-state index contributed by atoms with van der Waals surface area (Å²) in [6, 6.07) is 5.47. The number of hydrogen-bond donors (Lipinski definition) is 0. The molecule has 0 aliphatic carbocycles. The van der Waals surface area contributed by atoms with E-state index in [9.17, 15) is 9.18 Å². The summed E-state index contributed by atoms with van der Waals surface area (Å²) in [5.74, 6) is 0.946. The molecule has 11 heteroatoms. The molecule has 3 heterocycles. The molecule has 7 nitrogen and oxygen atoms in total. The van der Waals surface area contributed by atoms with Crippen LogP contribution in [-0.2, 0) is 12.3 Å². The van der Waals surface area contributed by atoms with E-state index >= 15 is 0 Å². The third kappa shape index (κ3) is 4.65. The maximum absolute atomic E-state index is 13.3. The molecule has 0 aliphatic heterocycles. The molecule has 1 unspecified atom stereocenters. The van der Waals surface area contributed by atoms with Crippen molar-refractivity contribution in [3.8, 4) is 5.75 Å². The summed E-state index contributed by atoms with van der Waals surface area (Å²) in [4.78, 5) is 17.3. The summed E-state index contributed by atoms with van der Waals surface area (Å²) in [5, 5.41) is 11.2. The van der Waals surface area contributed by atoms with E-state index in [4.69, 9.17) is 16.3 Å². The van der Waals surface area contributed by atoms with Crippen LogP contribution in [0.15, 0.2) is 58.4 Å². The average Bonchev–Trinajstić information content (AvgIpc) is 3.36. The monoisotopic (exact) mass is 477 g/mol. The van der Waals surface area contributed by atoms with Gasteiger partial charge in [-0.25, -0.2) is 9.37 Å². The van der Waals surface area contributed by atoms with Gasteiger partial charge >= 0.3 is 0 Å². The van der Waals surface area contributed by atoms with Gasteiger partial charge in [-0.1, -0.05) is 29.4 Å². The van der Waals surface area contributed by atoms with Gasteiger partial charge in [0.1, 0.15) is 11.6 Å². The molecule has 0 N–H and O–H groups in total. The summed E-state index contributed by atoms with van der Waals surface area (Å²) < 4.78 is 22.6. The molecular weight excluding hydrogens is 461 g/mol. The van der Waals surface area contributed by atoms with E-state index in [-0.39, 0.29) is 10.6 Å². The minimum atomic E-state index is -0.491. The van der Waals surface area contributed by atoms with Gasteiger partial charge in [0.15, 0.2) is 22.0 Å². The molecule has 1 atom stereocenters. The van der Waals surface area contributed by atoms with Gasteiger partial charge in [0.2, 0.25) is 0 Å². The lowest BCUT2D eigenvalue weighted by Gasteiger charge is -2.16. The van der Waals surface area contributed by atoms with Gasteiger partial charge in [0.05, 0.1) is 10.7 Å². The number of rotatable bonds is 8. The molecule has 0 saturated heterocycles. The highest BCUT2D eigenvalue weighted by atomic mass is 35.5. The van der Waals surface area contributed by atoms with E-state index in [0.29, 0.717) is 39.7 Å². The lowest BCUT2D eigenvalue weighted by atomic mass is 10.3. The van der Waals surface area contributed by atoms with Crippen LogP contribution in [-0.4, -0.2) is 24.1 Å². The van der Waals surface area contributed by atoms with E-state index in [0.717, 1.165) is 0 Å². The first-order valence-electron chi connectivity index (χ1n) is 9.20. The van der Waals surface area contributed by atoms with Gasteiger partial charge in [-0.3, -0.25) is 13.8 Å². The number of fused-ring (bicyclic) bond motifs is 1. The van der Waals surface area contributed by atoms with Crippen LogP contribution in [0.1, 0.15) is 24.5 Å². The Kier molecular flexibility index (Phi) is 6.40. The van der Waals surface area contributed by atoms with E-state index in [2.05, 4.69) is 21.8 Å². The number of allylic oxidation sites excluding steroid dienone is 1. The summed E-state index contributed by atoms with van der Waals surface area (Å²) in [6.45, 7) is 6.08. The number of nitrogens with zero attached hydrogens (tertiary/aromatic N) is 5. The van der Waals surface area contributed by atoms with Crippen LogP contribution in [0, 0.1) is 5.82 Å². The second-order valence-corrected chi connectivity index (χ2v) is 8.73. The molecule has 31 heavy (non-hydrogen) atoms. The summed E-state index contributed by atoms with van der Waals surface area (Å²) in [7, 11) is 0. The van der Waals surface area contributed by atoms with Crippen molar-refractivity contribution in [3.63, 3.8) is 0 Å². The second kappa shape index (κ2) is 9.21. The minimum absolute atomic E-state index is 0.117. The number of thioether (sulfide) groups is 1. The normalized spacial score (nSPS) is 12.2. The summed E-state index contributed by atoms with van der Waals surface area (Å²) >= 11 is 8.89. The minimum Gasteiger partial charge on any atom is -0.481 e. The van der Waals surface area contributed by atoms with Crippen LogP contribution < -0.4 is 10.3 Å². The molecule has 3 aromatic heterocycles. The topological polar surface area (TPSA) is 74.3 Å². The first-order valence-corrected chi connectivity index (χ1v) is 11.4. The quantitative estimate of drug-likeness (QED) is 0.269. The summed E-state index contributed by atoms with van der Waals surface area (Å²) in [6.07, 6.45) is 2.94. The third-order valence-corrected chi connectivity index (χ3v) is 6.38. The molecular formula is C20H17ClFN5O2S2. The Balaban J connectivity index is 1.54. The molecule has 4 aromatic rings. The summed E-state index contributed by atoms with van der Waals surface area (Å²) in [5.41, 5.74) is 0.544. The first kappa shape index (κ1) is 21.5. The van der Waals surface area contributed by atoms with Crippen LogP contribution in [0.2, 0.25) is 5.02 Å². The zero-order valence-corrected chi connectivity index (χ0v) is 18.8. The Bertz CT molecular complexity index is 1300. The van der Waals surface area contributed by atoms with Crippen molar-refractivity contribution in [2.45, 2.75) is 30.5 Å². The van der Waals surface area contributed by atoms with Crippen LogP contribution in [0.5, 0.6) is 5.75 Å². The molecule has 4 rings (SSSR count). The van der Waals surface area contributed by atoms with Crippen molar-refractivity contribution in [2.24, 2.45) is 0 Å². The van der Waals surface area contributed by atoms with Gasteiger partial charge in [-0.2, -0.15) is 0 Å². The SMILES string of the molecule is C=CCn1c(SCc2cc(=O)n3ccsc3n2)nnc1C(C)Oc1ccc(F)cc1Cl. The highest BCUT2D eigenvalue weighted by Gasteiger charge is 2.20. The van der Waals surface area contributed by atoms with E-state index in [1.54, 1.807) is 12.3 Å². The smallest absolute Gasteiger partial charge is 0.258 e. The molecule has 0 amide bonds. The fraction of sp³-hybridized carbons (Fsp3) is 0.200. The molecule has 1 aromatic carbocycles. The van der Waals surface area contributed by atoms with Crippen molar-refractivity contribution >= 4 is 39.7 Å². The van der Waals surface area contributed by atoms with Crippen molar-refractivity contribution in [3.05, 3.63) is 81.2 Å². The Morgan fingerprint density at radius 2 is 2.23 bits per heavy atom. The van der Waals surface area contributed by atoms with E-state index in [1.807, 2.05) is 16.9 Å². The molecule has 0 radical (unpaired) electrons. The second-order valence-electron chi connectivity index (χ2n) is 6.50. The van der Waals surface area contributed by atoms with Crippen molar-refractivity contribution in [1.82, 2.24) is 24.1 Å². The Labute approximate surface area is 190 Å². The van der Waals surface area contributed by atoms with Gasteiger partial charge < -0.3 is 4.74 Å². The van der Waals surface area contributed by atoms with Crippen LogP contribution in [0.25, 0.3) is 4.96 Å². The Hall–Kier alpha value is -2.69. The third-order valence-electron chi connectivity index (χ3n) is 4.32. The van der Waals surface area contributed by atoms with Gasteiger partial charge in [0.25, 0.3) is 5.56 Å². The standard InChI is InChI=1S/C20H17ClFN5O2S2/c1-3-6-27-18(12(2)29-16-5-4-13(22)9-15(16)21)24-25-20(27)31-11-14-10-17(28)26-7-8-30-19(26)23-14/h3-5,7-10,12H,1,6,11H2,2H3. The highest BCUT2D eigenvalue weighted by Crippen LogP contribution is 2.30. The molecule has 0 fully saturated rings. The van der Waals surface area contributed by atoms with E-state index in [1.165, 1.54) is 51.8 Å². The van der Waals surface area contributed by atoms with Crippen LogP contribution in [0.4, 0.5) is 4.39 Å². The zero-order chi connectivity index (χ0) is 22.0. The number of ether oxygens (including phenoxy) is 1. The zero-order valence-electron chi connectivity index (χ0n) is 16.4. The fourth-order valence-corrected chi connectivity index (χ4v) is 4.72. The first-order chi connectivity index (χ1) is 15.0.